The van der Waals surface area contributed by atoms with Gasteiger partial charge in [-0.25, -0.2) is 26.4 Å². The molecular weight excluding hydrogens is 509 g/mol. The van der Waals surface area contributed by atoms with Crippen LogP contribution in [0.5, 0.6) is 5.75 Å². The Morgan fingerprint density at radius 2 is 1.81 bits per heavy atom. The SMILES string of the molecule is CCN(CC)C/C=C\c1cc(F)ccc1S(=O)(=O)Nc1ccc(C2C(C)C2(F)F)c(OC)c1C(=O)OC. The highest BCUT2D eigenvalue weighted by Gasteiger charge is 2.66. The predicted octanol–water partition coefficient (Wildman–Crippen LogP) is 5.15. The standard InChI is InChI=1S/C26H31F3N2O5S/c1-6-31(7-2)14-8-9-17-15-18(27)10-13-21(17)37(33,34)30-20-12-11-19(23-16(3)26(23,28)29)24(35-4)22(20)25(32)36-5/h8-13,15-16,23,30H,6-7,14H2,1-5H3/b9-8-. The molecule has 3 rings (SSSR count). The predicted molar refractivity (Wildman–Crippen MR) is 135 cm³/mol. The van der Waals surface area contributed by atoms with E-state index < -0.39 is 39.6 Å². The monoisotopic (exact) mass is 540 g/mol. The number of halogens is 3. The van der Waals surface area contributed by atoms with E-state index in [0.29, 0.717) is 6.54 Å². The highest BCUT2D eigenvalue weighted by atomic mass is 32.2. The minimum atomic E-state index is -4.36. The van der Waals surface area contributed by atoms with Crippen LogP contribution >= 0.6 is 0 Å². The van der Waals surface area contributed by atoms with E-state index in [9.17, 15) is 26.4 Å². The van der Waals surface area contributed by atoms with Crippen LogP contribution in [0.3, 0.4) is 0 Å². The lowest BCUT2D eigenvalue weighted by atomic mass is 10.0. The molecular formula is C26H31F3N2O5S. The molecule has 0 spiro atoms. The molecule has 0 amide bonds. The molecule has 37 heavy (non-hydrogen) atoms. The van der Waals surface area contributed by atoms with Gasteiger partial charge in [0.2, 0.25) is 0 Å². The summed E-state index contributed by atoms with van der Waals surface area (Å²) in [4.78, 5) is 14.5. The van der Waals surface area contributed by atoms with Crippen molar-refractivity contribution in [2.45, 2.75) is 37.5 Å². The van der Waals surface area contributed by atoms with E-state index in [-0.39, 0.29) is 33.0 Å². The van der Waals surface area contributed by atoms with Crippen LogP contribution in [0.4, 0.5) is 18.9 Å². The maximum atomic E-state index is 14.2. The number of benzene rings is 2. The van der Waals surface area contributed by atoms with Gasteiger partial charge in [-0.05, 0) is 42.9 Å². The van der Waals surface area contributed by atoms with Gasteiger partial charge in [-0.3, -0.25) is 4.72 Å². The number of hydrogen-bond acceptors (Lipinski definition) is 6. The molecule has 0 heterocycles. The van der Waals surface area contributed by atoms with Gasteiger partial charge in [0.15, 0.2) is 0 Å². The van der Waals surface area contributed by atoms with Gasteiger partial charge in [-0.1, -0.05) is 39.0 Å². The van der Waals surface area contributed by atoms with Crippen LogP contribution in [0, 0.1) is 11.7 Å². The lowest BCUT2D eigenvalue weighted by Crippen LogP contribution is -2.22. The van der Waals surface area contributed by atoms with Gasteiger partial charge < -0.3 is 14.4 Å². The fourth-order valence-corrected chi connectivity index (χ4v) is 5.57. The third-order valence-corrected chi connectivity index (χ3v) is 8.03. The van der Waals surface area contributed by atoms with E-state index in [1.807, 2.05) is 13.8 Å². The van der Waals surface area contributed by atoms with Crippen LogP contribution in [0.1, 0.15) is 48.2 Å². The average Bonchev–Trinajstić information content (AvgIpc) is 3.36. The van der Waals surface area contributed by atoms with Gasteiger partial charge in [0, 0.05) is 18.0 Å². The third-order valence-electron chi connectivity index (χ3n) is 6.59. The zero-order chi connectivity index (χ0) is 27.5. The van der Waals surface area contributed by atoms with Crippen LogP contribution in [0.2, 0.25) is 0 Å². The number of methoxy groups -OCH3 is 2. The summed E-state index contributed by atoms with van der Waals surface area (Å²) in [5.41, 5.74) is -0.368. The fourth-order valence-electron chi connectivity index (χ4n) is 4.31. The molecule has 1 N–H and O–H groups in total. The van der Waals surface area contributed by atoms with Crippen molar-refractivity contribution in [3.8, 4) is 5.75 Å². The number of ether oxygens (including phenoxy) is 2. The van der Waals surface area contributed by atoms with Gasteiger partial charge in [0.05, 0.1) is 30.7 Å². The van der Waals surface area contributed by atoms with E-state index in [1.165, 1.54) is 32.2 Å². The highest BCUT2D eigenvalue weighted by Crippen LogP contribution is 2.63. The van der Waals surface area contributed by atoms with E-state index >= 15 is 0 Å². The molecule has 0 saturated heterocycles. The minimum Gasteiger partial charge on any atom is -0.495 e. The van der Waals surface area contributed by atoms with Crippen molar-refractivity contribution >= 4 is 27.8 Å². The summed E-state index contributed by atoms with van der Waals surface area (Å²) in [6, 6.07) is 5.75. The van der Waals surface area contributed by atoms with E-state index in [0.717, 1.165) is 38.4 Å². The Balaban J connectivity index is 2.05. The Bertz CT molecular complexity index is 1290. The van der Waals surface area contributed by atoms with E-state index in [1.54, 1.807) is 6.08 Å². The number of alkyl halides is 2. The molecule has 2 atom stereocenters. The Labute approximate surface area is 215 Å². The molecule has 2 unspecified atom stereocenters. The summed E-state index contributed by atoms with van der Waals surface area (Å²) in [5.74, 6) is -6.92. The number of rotatable bonds is 11. The third kappa shape index (κ3) is 5.77. The molecule has 7 nitrogen and oxygen atoms in total. The number of likely N-dealkylation sites (N-methyl/N-ethyl adjacent to an activating group) is 1. The van der Waals surface area contributed by atoms with E-state index in [2.05, 4.69) is 9.62 Å². The fraction of sp³-hybridized carbons (Fsp3) is 0.423. The maximum Gasteiger partial charge on any atom is 0.343 e. The van der Waals surface area contributed by atoms with Crippen molar-refractivity contribution in [3.05, 3.63) is 58.9 Å². The summed E-state index contributed by atoms with van der Waals surface area (Å²) >= 11 is 0. The molecule has 1 saturated carbocycles. The van der Waals surface area contributed by atoms with Crippen LogP contribution < -0.4 is 9.46 Å². The summed E-state index contributed by atoms with van der Waals surface area (Å²) in [6.07, 6.45) is 3.24. The van der Waals surface area contributed by atoms with Crippen LogP contribution in [-0.2, 0) is 14.8 Å². The highest BCUT2D eigenvalue weighted by molar-refractivity contribution is 7.92. The first-order valence-corrected chi connectivity index (χ1v) is 13.3. The molecule has 0 aromatic heterocycles. The van der Waals surface area contributed by atoms with Gasteiger partial charge in [0.25, 0.3) is 15.9 Å². The normalized spacial score (nSPS) is 18.7. The molecule has 2 aromatic carbocycles. The van der Waals surface area contributed by atoms with Crippen molar-refractivity contribution in [2.75, 3.05) is 38.6 Å². The van der Waals surface area contributed by atoms with Crippen LogP contribution in [0.15, 0.2) is 41.3 Å². The van der Waals surface area contributed by atoms with Crippen molar-refractivity contribution in [2.24, 2.45) is 5.92 Å². The summed E-state index contributed by atoms with van der Waals surface area (Å²) in [7, 11) is -2.07. The second-order valence-corrected chi connectivity index (χ2v) is 10.4. The van der Waals surface area contributed by atoms with Crippen LogP contribution in [-0.4, -0.2) is 59.1 Å². The number of esters is 1. The largest absolute Gasteiger partial charge is 0.495 e. The minimum absolute atomic E-state index is 0.0742. The van der Waals surface area contributed by atoms with Crippen molar-refractivity contribution < 1.29 is 35.9 Å². The van der Waals surface area contributed by atoms with Gasteiger partial charge in [-0.15, -0.1) is 0 Å². The lowest BCUT2D eigenvalue weighted by molar-refractivity contribution is 0.0597. The van der Waals surface area contributed by atoms with Gasteiger partial charge >= 0.3 is 5.97 Å². The van der Waals surface area contributed by atoms with E-state index in [4.69, 9.17) is 9.47 Å². The average molecular weight is 541 g/mol. The summed E-state index contributed by atoms with van der Waals surface area (Å²) < 4.78 is 81.6. The number of hydrogen-bond donors (Lipinski definition) is 1. The van der Waals surface area contributed by atoms with Crippen molar-refractivity contribution in [3.63, 3.8) is 0 Å². The first kappa shape index (κ1) is 28.5. The molecule has 202 valence electrons. The van der Waals surface area contributed by atoms with Gasteiger partial charge in [-0.2, -0.15) is 0 Å². The Hall–Kier alpha value is -3.05. The summed E-state index contributed by atoms with van der Waals surface area (Å²) in [5, 5.41) is 0. The second kappa shape index (κ2) is 11.1. The van der Waals surface area contributed by atoms with Crippen LogP contribution in [0.25, 0.3) is 6.08 Å². The molecule has 1 aliphatic carbocycles. The maximum absolute atomic E-state index is 14.2. The number of anilines is 1. The molecule has 0 bridgehead atoms. The Morgan fingerprint density at radius 1 is 1.16 bits per heavy atom. The van der Waals surface area contributed by atoms with Crippen molar-refractivity contribution in [1.82, 2.24) is 4.90 Å². The number of nitrogens with zero attached hydrogens (tertiary/aromatic N) is 1. The molecule has 11 heteroatoms. The molecule has 0 aliphatic heterocycles. The number of carbonyl (C=O) groups is 1. The molecule has 2 aromatic rings. The Kier molecular flexibility index (Phi) is 8.59. The topological polar surface area (TPSA) is 84.9 Å². The molecule has 1 fully saturated rings. The number of sulfonamides is 1. The summed E-state index contributed by atoms with van der Waals surface area (Å²) in [6.45, 7) is 7.46. The lowest BCUT2D eigenvalue weighted by Gasteiger charge is -2.18. The number of carbonyl (C=O) groups excluding carboxylic acids is 1. The second-order valence-electron chi connectivity index (χ2n) is 8.72. The molecule has 0 radical (unpaired) electrons. The first-order valence-electron chi connectivity index (χ1n) is 11.8. The zero-order valence-corrected chi connectivity index (χ0v) is 22.2. The Morgan fingerprint density at radius 3 is 2.35 bits per heavy atom. The zero-order valence-electron chi connectivity index (χ0n) is 21.3. The number of nitrogens with one attached hydrogen (secondary N) is 1. The first-order chi connectivity index (χ1) is 17.4. The smallest absolute Gasteiger partial charge is 0.343 e. The molecule has 1 aliphatic rings. The van der Waals surface area contributed by atoms with Crippen molar-refractivity contribution in [1.29, 1.82) is 0 Å². The quantitative estimate of drug-likeness (QED) is 0.397. The van der Waals surface area contributed by atoms with Gasteiger partial charge in [0.1, 0.15) is 17.1 Å².